The highest BCUT2D eigenvalue weighted by molar-refractivity contribution is 5.82. The number of nitriles is 1. The summed E-state index contributed by atoms with van der Waals surface area (Å²) in [4.78, 5) is 19.4. The maximum Gasteiger partial charge on any atom is 0.240 e. The minimum Gasteiger partial charge on any atom is -0.337 e. The van der Waals surface area contributed by atoms with E-state index in [-0.39, 0.29) is 11.9 Å². The second-order valence-corrected chi connectivity index (χ2v) is 8.00. The first-order valence-corrected chi connectivity index (χ1v) is 10.8. The molecule has 1 aromatic heterocycles. The van der Waals surface area contributed by atoms with Gasteiger partial charge in [0.1, 0.15) is 0 Å². The number of nitrogens with zero attached hydrogens (tertiary/aromatic N) is 4. The van der Waals surface area contributed by atoms with Gasteiger partial charge in [-0.25, -0.2) is 4.98 Å². The Kier molecular flexibility index (Phi) is 6.75. The SMILES string of the molecule is N#Cc1ccc(Cn2cncc2CN[C@H]2CCCCN(Cc3ccccc3)C2=O)cc1. The Morgan fingerprint density at radius 2 is 1.81 bits per heavy atom. The van der Waals surface area contributed by atoms with Gasteiger partial charge in [-0.3, -0.25) is 4.79 Å². The first-order valence-electron chi connectivity index (χ1n) is 10.8. The fourth-order valence-electron chi connectivity index (χ4n) is 4.00. The van der Waals surface area contributed by atoms with Gasteiger partial charge in [0.05, 0.1) is 29.7 Å². The summed E-state index contributed by atoms with van der Waals surface area (Å²) in [6, 6.07) is 19.7. The summed E-state index contributed by atoms with van der Waals surface area (Å²) in [5, 5.41) is 12.4. The number of likely N-dealkylation sites (tertiary alicyclic amines) is 1. The fraction of sp³-hybridized carbons (Fsp3) is 0.320. The third kappa shape index (κ3) is 5.39. The summed E-state index contributed by atoms with van der Waals surface area (Å²) in [6.45, 7) is 2.74. The predicted octanol–water partition coefficient (Wildman–Crippen LogP) is 3.47. The van der Waals surface area contributed by atoms with Crippen LogP contribution in [0.5, 0.6) is 0 Å². The lowest BCUT2D eigenvalue weighted by molar-refractivity contribution is -0.133. The third-order valence-electron chi connectivity index (χ3n) is 5.76. The lowest BCUT2D eigenvalue weighted by Gasteiger charge is -2.25. The van der Waals surface area contributed by atoms with Gasteiger partial charge in [0.25, 0.3) is 0 Å². The van der Waals surface area contributed by atoms with E-state index in [2.05, 4.69) is 33.1 Å². The minimum absolute atomic E-state index is 0.176. The average molecular weight is 414 g/mol. The summed E-state index contributed by atoms with van der Waals surface area (Å²) in [5.74, 6) is 0.180. The number of carbonyl (C=O) groups is 1. The van der Waals surface area contributed by atoms with Gasteiger partial charge in [-0.15, -0.1) is 0 Å². The normalized spacial score (nSPS) is 16.7. The number of amides is 1. The molecule has 0 spiro atoms. The maximum atomic E-state index is 13.2. The van der Waals surface area contributed by atoms with Crippen molar-refractivity contribution < 1.29 is 4.79 Å². The van der Waals surface area contributed by atoms with Crippen LogP contribution in [0.1, 0.15) is 41.6 Å². The van der Waals surface area contributed by atoms with E-state index in [9.17, 15) is 4.79 Å². The number of carbonyl (C=O) groups excluding carboxylic acids is 1. The second kappa shape index (κ2) is 10.1. The maximum absolute atomic E-state index is 13.2. The van der Waals surface area contributed by atoms with E-state index in [1.807, 2.05) is 59.9 Å². The zero-order valence-electron chi connectivity index (χ0n) is 17.6. The third-order valence-corrected chi connectivity index (χ3v) is 5.76. The lowest BCUT2D eigenvalue weighted by atomic mass is 10.1. The average Bonchev–Trinajstić information content (AvgIpc) is 3.17. The molecule has 1 aliphatic rings. The molecule has 3 aromatic rings. The number of aromatic nitrogens is 2. The molecular formula is C25H27N5O. The number of rotatable bonds is 7. The van der Waals surface area contributed by atoms with Gasteiger partial charge < -0.3 is 14.8 Å². The molecule has 6 nitrogen and oxygen atoms in total. The first kappa shape index (κ1) is 20.8. The summed E-state index contributed by atoms with van der Waals surface area (Å²) >= 11 is 0. The Labute approximate surface area is 183 Å². The van der Waals surface area contributed by atoms with E-state index in [4.69, 9.17) is 5.26 Å². The number of hydrogen-bond donors (Lipinski definition) is 1. The van der Waals surface area contributed by atoms with E-state index in [0.29, 0.717) is 25.2 Å². The minimum atomic E-state index is -0.176. The smallest absolute Gasteiger partial charge is 0.240 e. The molecule has 1 amide bonds. The molecule has 1 saturated heterocycles. The van der Waals surface area contributed by atoms with Crippen molar-refractivity contribution in [2.75, 3.05) is 6.54 Å². The largest absolute Gasteiger partial charge is 0.337 e. The van der Waals surface area contributed by atoms with Crippen LogP contribution in [0, 0.1) is 11.3 Å². The van der Waals surface area contributed by atoms with Crippen molar-refractivity contribution in [1.29, 1.82) is 5.26 Å². The highest BCUT2D eigenvalue weighted by Gasteiger charge is 2.26. The Morgan fingerprint density at radius 3 is 2.58 bits per heavy atom. The van der Waals surface area contributed by atoms with Gasteiger partial charge in [-0.05, 0) is 42.5 Å². The quantitative estimate of drug-likeness (QED) is 0.644. The van der Waals surface area contributed by atoms with Gasteiger partial charge in [0.15, 0.2) is 0 Å². The number of hydrogen-bond acceptors (Lipinski definition) is 4. The summed E-state index contributed by atoms with van der Waals surface area (Å²) < 4.78 is 2.08. The molecule has 1 N–H and O–H groups in total. The van der Waals surface area contributed by atoms with Gasteiger partial charge in [0, 0.05) is 32.4 Å². The van der Waals surface area contributed by atoms with Crippen molar-refractivity contribution in [3.8, 4) is 6.07 Å². The van der Waals surface area contributed by atoms with Crippen LogP contribution >= 0.6 is 0 Å². The highest BCUT2D eigenvalue weighted by atomic mass is 16.2. The van der Waals surface area contributed by atoms with Crippen LogP contribution < -0.4 is 5.32 Å². The van der Waals surface area contributed by atoms with Gasteiger partial charge in [0.2, 0.25) is 5.91 Å². The van der Waals surface area contributed by atoms with E-state index in [0.717, 1.165) is 42.6 Å². The van der Waals surface area contributed by atoms with Crippen LogP contribution in [0.15, 0.2) is 67.1 Å². The molecule has 1 fully saturated rings. The summed E-state index contributed by atoms with van der Waals surface area (Å²) in [5.41, 5.74) is 3.97. The van der Waals surface area contributed by atoms with Gasteiger partial charge in [-0.1, -0.05) is 42.5 Å². The highest BCUT2D eigenvalue weighted by Crippen LogP contribution is 2.16. The zero-order valence-corrected chi connectivity index (χ0v) is 17.6. The summed E-state index contributed by atoms with van der Waals surface area (Å²) in [6.07, 6.45) is 6.59. The van der Waals surface area contributed by atoms with Crippen molar-refractivity contribution in [1.82, 2.24) is 19.8 Å². The van der Waals surface area contributed by atoms with Crippen molar-refractivity contribution in [3.63, 3.8) is 0 Å². The molecule has 6 heteroatoms. The molecule has 0 bridgehead atoms. The second-order valence-electron chi connectivity index (χ2n) is 8.00. The fourth-order valence-corrected chi connectivity index (χ4v) is 4.00. The first-order chi connectivity index (χ1) is 15.2. The van der Waals surface area contributed by atoms with Gasteiger partial charge >= 0.3 is 0 Å². The van der Waals surface area contributed by atoms with Crippen molar-refractivity contribution in [2.24, 2.45) is 0 Å². The van der Waals surface area contributed by atoms with E-state index in [1.165, 1.54) is 0 Å². The number of benzene rings is 2. The van der Waals surface area contributed by atoms with Crippen molar-refractivity contribution >= 4 is 5.91 Å². The molecule has 1 atom stereocenters. The Hall–Kier alpha value is -3.43. The molecule has 0 saturated carbocycles. The predicted molar refractivity (Wildman–Crippen MR) is 119 cm³/mol. The topological polar surface area (TPSA) is 74.0 Å². The van der Waals surface area contributed by atoms with E-state index >= 15 is 0 Å². The monoisotopic (exact) mass is 413 g/mol. The van der Waals surface area contributed by atoms with Crippen molar-refractivity contribution in [2.45, 2.75) is 44.9 Å². The van der Waals surface area contributed by atoms with Crippen LogP contribution in [-0.4, -0.2) is 32.9 Å². The molecule has 0 aliphatic carbocycles. The molecule has 31 heavy (non-hydrogen) atoms. The van der Waals surface area contributed by atoms with E-state index < -0.39 is 0 Å². The molecular weight excluding hydrogens is 386 g/mol. The van der Waals surface area contributed by atoms with E-state index in [1.54, 1.807) is 0 Å². The zero-order chi connectivity index (χ0) is 21.5. The van der Waals surface area contributed by atoms with Crippen LogP contribution in [0.25, 0.3) is 0 Å². The van der Waals surface area contributed by atoms with Crippen LogP contribution in [0.4, 0.5) is 0 Å². The molecule has 4 rings (SSSR count). The van der Waals surface area contributed by atoms with Crippen LogP contribution in [0.2, 0.25) is 0 Å². The van der Waals surface area contributed by atoms with Crippen LogP contribution in [0.3, 0.4) is 0 Å². The number of imidazole rings is 1. The molecule has 2 heterocycles. The number of nitrogens with one attached hydrogen (secondary N) is 1. The Bertz CT molecular complexity index is 1040. The molecule has 1 aliphatic heterocycles. The molecule has 0 unspecified atom stereocenters. The standard InChI is InChI=1S/C25H27N5O/c26-14-20-9-11-22(12-10-20)18-30-19-27-15-23(30)16-28-24-8-4-5-13-29(25(24)31)17-21-6-2-1-3-7-21/h1-3,6-7,9-12,15,19,24,28H,4-5,8,13,16-18H2/t24-/m0/s1. The Balaban J connectivity index is 1.38. The summed E-state index contributed by atoms with van der Waals surface area (Å²) in [7, 11) is 0. The van der Waals surface area contributed by atoms with Gasteiger partial charge in [-0.2, -0.15) is 5.26 Å². The molecule has 2 aromatic carbocycles. The van der Waals surface area contributed by atoms with Crippen LogP contribution in [-0.2, 0) is 24.4 Å². The Morgan fingerprint density at radius 1 is 1.03 bits per heavy atom. The molecule has 0 radical (unpaired) electrons. The lowest BCUT2D eigenvalue weighted by Crippen LogP contribution is -2.44. The molecule has 158 valence electrons. The van der Waals surface area contributed by atoms with Crippen molar-refractivity contribution in [3.05, 3.63) is 89.5 Å².